The van der Waals surface area contributed by atoms with E-state index in [0.29, 0.717) is 28.4 Å². The second-order valence-corrected chi connectivity index (χ2v) is 8.04. The number of thiazole rings is 1. The van der Waals surface area contributed by atoms with E-state index in [0.717, 1.165) is 32.4 Å². The standard InChI is InChI=1S/C18H22N4O3S/c1-21(17(24)15-3-2-6-25-15)13-7-11-4-5-22(9-12(11)8-13)16(23)14-10-26-18(19)20-14/h2-3,6,10-13H,4-5,7-9H2,1H3,(H2,19,20)/t11-,12-,13+/m1/s1. The zero-order chi connectivity index (χ0) is 18.3. The number of rotatable bonds is 3. The molecule has 2 amide bonds. The maximum atomic E-state index is 12.6. The molecule has 0 aromatic carbocycles. The molecule has 8 heteroatoms. The van der Waals surface area contributed by atoms with Gasteiger partial charge in [-0.25, -0.2) is 4.98 Å². The summed E-state index contributed by atoms with van der Waals surface area (Å²) >= 11 is 1.29. The maximum absolute atomic E-state index is 12.6. The second kappa shape index (κ2) is 6.75. The molecule has 0 bridgehead atoms. The number of piperidine rings is 1. The number of carbonyl (C=O) groups is 2. The first-order valence-electron chi connectivity index (χ1n) is 8.84. The molecular formula is C18H22N4O3S. The van der Waals surface area contributed by atoms with Gasteiger partial charge in [-0.05, 0) is 43.2 Å². The maximum Gasteiger partial charge on any atom is 0.289 e. The molecule has 26 heavy (non-hydrogen) atoms. The molecule has 0 radical (unpaired) electrons. The molecule has 0 unspecified atom stereocenters. The Balaban J connectivity index is 1.40. The number of fused-ring (bicyclic) bond motifs is 1. The van der Waals surface area contributed by atoms with Crippen molar-refractivity contribution < 1.29 is 14.0 Å². The average Bonchev–Trinajstić information content (AvgIpc) is 3.38. The van der Waals surface area contributed by atoms with E-state index in [-0.39, 0.29) is 17.9 Å². The van der Waals surface area contributed by atoms with Gasteiger partial charge in [0.25, 0.3) is 11.8 Å². The molecule has 1 saturated heterocycles. The Kier molecular flexibility index (Phi) is 4.44. The Labute approximate surface area is 155 Å². The third-order valence-corrected chi connectivity index (χ3v) is 6.34. The van der Waals surface area contributed by atoms with Crippen molar-refractivity contribution in [3.05, 3.63) is 35.2 Å². The number of hydrogen-bond acceptors (Lipinski definition) is 6. The van der Waals surface area contributed by atoms with Gasteiger partial charge in [0, 0.05) is 31.6 Å². The monoisotopic (exact) mass is 374 g/mol. The van der Waals surface area contributed by atoms with Gasteiger partial charge in [-0.1, -0.05) is 0 Å². The van der Waals surface area contributed by atoms with Gasteiger partial charge < -0.3 is 20.0 Å². The quantitative estimate of drug-likeness (QED) is 0.890. The first-order chi connectivity index (χ1) is 12.5. The summed E-state index contributed by atoms with van der Waals surface area (Å²) in [6.45, 7) is 1.46. The van der Waals surface area contributed by atoms with Gasteiger partial charge in [-0.2, -0.15) is 0 Å². The van der Waals surface area contributed by atoms with Gasteiger partial charge in [0.2, 0.25) is 0 Å². The van der Waals surface area contributed by atoms with E-state index in [4.69, 9.17) is 10.2 Å². The number of amides is 2. The Hall–Kier alpha value is -2.35. The lowest BCUT2D eigenvalue weighted by Gasteiger charge is -2.34. The highest BCUT2D eigenvalue weighted by Gasteiger charge is 2.42. The Morgan fingerprint density at radius 2 is 2.19 bits per heavy atom. The minimum absolute atomic E-state index is 0.0418. The van der Waals surface area contributed by atoms with Crippen LogP contribution in [0.4, 0.5) is 5.13 Å². The smallest absolute Gasteiger partial charge is 0.289 e. The molecule has 2 aliphatic rings. The highest BCUT2D eigenvalue weighted by atomic mass is 32.1. The number of nitrogen functional groups attached to an aromatic ring is 1. The van der Waals surface area contributed by atoms with Crippen LogP contribution in [0.1, 0.15) is 40.3 Å². The highest BCUT2D eigenvalue weighted by molar-refractivity contribution is 7.13. The van der Waals surface area contributed by atoms with Crippen molar-refractivity contribution in [2.45, 2.75) is 25.3 Å². The van der Waals surface area contributed by atoms with Gasteiger partial charge in [0.05, 0.1) is 6.26 Å². The zero-order valence-corrected chi connectivity index (χ0v) is 15.4. The number of carbonyl (C=O) groups excluding carboxylic acids is 2. The van der Waals surface area contributed by atoms with Crippen molar-refractivity contribution >= 4 is 28.3 Å². The number of hydrogen-bond donors (Lipinski definition) is 1. The van der Waals surface area contributed by atoms with Crippen LogP contribution in [0.2, 0.25) is 0 Å². The fourth-order valence-electron chi connectivity index (χ4n) is 4.24. The summed E-state index contributed by atoms with van der Waals surface area (Å²) in [6.07, 6.45) is 4.38. The van der Waals surface area contributed by atoms with Crippen LogP contribution in [-0.2, 0) is 0 Å². The van der Waals surface area contributed by atoms with Crippen molar-refractivity contribution in [1.82, 2.24) is 14.8 Å². The van der Waals surface area contributed by atoms with Crippen LogP contribution in [0.25, 0.3) is 0 Å². The highest BCUT2D eigenvalue weighted by Crippen LogP contribution is 2.40. The lowest BCUT2D eigenvalue weighted by atomic mass is 9.88. The first-order valence-corrected chi connectivity index (χ1v) is 9.72. The molecule has 0 spiro atoms. The van der Waals surface area contributed by atoms with Crippen molar-refractivity contribution in [2.24, 2.45) is 11.8 Å². The molecule has 2 N–H and O–H groups in total. The van der Waals surface area contributed by atoms with E-state index in [2.05, 4.69) is 4.98 Å². The number of aromatic nitrogens is 1. The minimum Gasteiger partial charge on any atom is -0.459 e. The van der Waals surface area contributed by atoms with E-state index in [1.807, 2.05) is 11.9 Å². The van der Waals surface area contributed by atoms with Crippen LogP contribution in [-0.4, -0.2) is 52.8 Å². The molecule has 3 atom stereocenters. The lowest BCUT2D eigenvalue weighted by Crippen LogP contribution is -2.42. The van der Waals surface area contributed by atoms with E-state index >= 15 is 0 Å². The summed E-state index contributed by atoms with van der Waals surface area (Å²) in [5.41, 5.74) is 6.08. The molecule has 3 heterocycles. The van der Waals surface area contributed by atoms with Gasteiger partial charge in [-0.15, -0.1) is 11.3 Å². The van der Waals surface area contributed by atoms with E-state index < -0.39 is 0 Å². The molecular weight excluding hydrogens is 352 g/mol. The first kappa shape index (κ1) is 17.1. The molecule has 1 aliphatic heterocycles. The third kappa shape index (κ3) is 3.09. The third-order valence-electron chi connectivity index (χ3n) is 5.67. The van der Waals surface area contributed by atoms with Gasteiger partial charge >= 0.3 is 0 Å². The zero-order valence-electron chi connectivity index (χ0n) is 14.6. The van der Waals surface area contributed by atoms with Crippen molar-refractivity contribution in [2.75, 3.05) is 25.9 Å². The van der Waals surface area contributed by atoms with Crippen LogP contribution < -0.4 is 5.73 Å². The van der Waals surface area contributed by atoms with E-state index in [1.54, 1.807) is 22.4 Å². The largest absolute Gasteiger partial charge is 0.459 e. The summed E-state index contributed by atoms with van der Waals surface area (Å²) in [4.78, 5) is 32.9. The molecule has 7 nitrogen and oxygen atoms in total. The Morgan fingerprint density at radius 3 is 2.88 bits per heavy atom. The van der Waals surface area contributed by atoms with Gasteiger partial charge in [0.15, 0.2) is 10.9 Å². The van der Waals surface area contributed by atoms with Crippen molar-refractivity contribution in [3.63, 3.8) is 0 Å². The van der Waals surface area contributed by atoms with Crippen LogP contribution in [0.15, 0.2) is 28.2 Å². The summed E-state index contributed by atoms with van der Waals surface area (Å²) in [5, 5.41) is 2.14. The predicted molar refractivity (Wildman–Crippen MR) is 97.9 cm³/mol. The molecule has 2 aromatic rings. The fraction of sp³-hybridized carbons (Fsp3) is 0.500. The Morgan fingerprint density at radius 1 is 1.38 bits per heavy atom. The lowest BCUT2D eigenvalue weighted by molar-refractivity contribution is 0.0619. The van der Waals surface area contributed by atoms with E-state index in [9.17, 15) is 9.59 Å². The van der Waals surface area contributed by atoms with Gasteiger partial charge in [0.1, 0.15) is 5.69 Å². The summed E-state index contributed by atoms with van der Waals surface area (Å²) in [7, 11) is 1.84. The number of nitrogens with zero attached hydrogens (tertiary/aromatic N) is 3. The predicted octanol–water partition coefficient (Wildman–Crippen LogP) is 2.33. The fourth-order valence-corrected chi connectivity index (χ4v) is 4.78. The molecule has 1 saturated carbocycles. The SMILES string of the molecule is CN(C(=O)c1ccco1)[C@H]1C[C@H]2CCN(C(=O)c3csc(N)n3)C[C@H]2C1. The van der Waals surface area contributed by atoms with E-state index in [1.165, 1.54) is 17.6 Å². The normalized spacial score (nSPS) is 25.1. The minimum atomic E-state index is -0.0791. The molecule has 2 fully saturated rings. The molecule has 138 valence electrons. The number of likely N-dealkylation sites (tertiary alicyclic amines) is 1. The number of nitrogens with two attached hydrogens (primary N) is 1. The number of furan rings is 1. The van der Waals surface area contributed by atoms with Crippen LogP contribution in [0, 0.1) is 11.8 Å². The van der Waals surface area contributed by atoms with Gasteiger partial charge in [-0.3, -0.25) is 9.59 Å². The second-order valence-electron chi connectivity index (χ2n) is 7.15. The van der Waals surface area contributed by atoms with Crippen LogP contribution in [0.5, 0.6) is 0 Å². The summed E-state index contributed by atoms with van der Waals surface area (Å²) in [6, 6.07) is 3.61. The summed E-state index contributed by atoms with van der Waals surface area (Å²) < 4.78 is 5.23. The Bertz CT molecular complexity index is 803. The molecule has 2 aromatic heterocycles. The average molecular weight is 374 g/mol. The summed E-state index contributed by atoms with van der Waals surface area (Å²) in [5.74, 6) is 1.22. The van der Waals surface area contributed by atoms with Crippen molar-refractivity contribution in [1.29, 1.82) is 0 Å². The van der Waals surface area contributed by atoms with Crippen LogP contribution >= 0.6 is 11.3 Å². The molecule has 1 aliphatic carbocycles. The number of anilines is 1. The topological polar surface area (TPSA) is 92.7 Å². The van der Waals surface area contributed by atoms with Crippen LogP contribution in [0.3, 0.4) is 0 Å². The molecule has 4 rings (SSSR count). The van der Waals surface area contributed by atoms with Crippen molar-refractivity contribution in [3.8, 4) is 0 Å².